The first-order valence-corrected chi connectivity index (χ1v) is 14.7. The van der Waals surface area contributed by atoms with Crippen LogP contribution >= 0.6 is 22.9 Å². The summed E-state index contributed by atoms with van der Waals surface area (Å²) in [5.41, 5.74) is 5.73. The second kappa shape index (κ2) is 11.2. The number of carbonyl (C=O) groups is 2. The molecule has 3 aromatic heterocycles. The van der Waals surface area contributed by atoms with Gasteiger partial charge in [-0.25, -0.2) is 20.0 Å². The highest BCUT2D eigenvalue weighted by Crippen LogP contribution is 2.39. The number of benzene rings is 3. The van der Waals surface area contributed by atoms with E-state index in [1.54, 1.807) is 34.9 Å². The van der Waals surface area contributed by atoms with Crippen LogP contribution in [-0.2, 0) is 12.0 Å². The summed E-state index contributed by atoms with van der Waals surface area (Å²) in [6, 6.07) is 17.5. The number of carbonyl (C=O) groups excluding carboxylic acids is 1. The van der Waals surface area contributed by atoms with Crippen LogP contribution in [0.5, 0.6) is 17.2 Å². The van der Waals surface area contributed by atoms with Gasteiger partial charge in [-0.1, -0.05) is 74.0 Å². The van der Waals surface area contributed by atoms with Gasteiger partial charge in [-0.05, 0) is 24.3 Å². The number of rotatable bonds is 7. The summed E-state index contributed by atoms with van der Waals surface area (Å²) in [6.45, 7) is 6.14. The largest absolute Gasteiger partial charge is 0.506 e. The SMILES string of the molecule is CC(C)(C)c1nn(NC(=O)NCc2ccccc2Oc2ccc3c(c2)sc2nc(C(=O)O)cn23)cc1-c1cccc(Cl)c1O. The number of hydrogen-bond acceptors (Lipinski definition) is 7. The molecule has 224 valence electrons. The standard InChI is InChI=1S/C31H27ClN6O5S/c1-31(2,3)27-20(19-8-6-9-21(32)26(19)39)15-38(35-27)36-29(42)33-14-17-7-4-5-10-24(17)43-18-11-12-23-25(13-18)44-30-34-22(28(40)41)16-37(23)30/h4-13,15-16,39H,14H2,1-3H3,(H,40,41)(H2,33,36,42). The Morgan fingerprint density at radius 1 is 1.05 bits per heavy atom. The van der Waals surface area contributed by atoms with E-state index >= 15 is 0 Å². The molecule has 0 spiro atoms. The highest BCUT2D eigenvalue weighted by molar-refractivity contribution is 7.23. The van der Waals surface area contributed by atoms with Crippen LogP contribution in [0.3, 0.4) is 0 Å². The molecule has 2 amide bonds. The van der Waals surface area contributed by atoms with Crippen LogP contribution in [0.4, 0.5) is 4.79 Å². The molecule has 6 aromatic rings. The Hall–Kier alpha value is -5.07. The van der Waals surface area contributed by atoms with Gasteiger partial charge in [0, 0.05) is 40.9 Å². The minimum absolute atomic E-state index is 0.00742. The topological polar surface area (TPSA) is 143 Å². The number of carboxylic acids is 1. The number of phenols is 1. The third-order valence-corrected chi connectivity index (χ3v) is 8.16. The lowest BCUT2D eigenvalue weighted by atomic mass is 9.87. The predicted octanol–water partition coefficient (Wildman–Crippen LogP) is 7.01. The number of thiazole rings is 1. The first-order valence-electron chi connectivity index (χ1n) is 13.5. The highest BCUT2D eigenvalue weighted by atomic mass is 35.5. The molecule has 0 radical (unpaired) electrons. The molecule has 3 heterocycles. The van der Waals surface area contributed by atoms with E-state index < -0.39 is 12.0 Å². The van der Waals surface area contributed by atoms with Crippen molar-refractivity contribution in [1.82, 2.24) is 24.6 Å². The van der Waals surface area contributed by atoms with Gasteiger partial charge in [0.15, 0.2) is 10.7 Å². The normalized spacial score (nSPS) is 11.6. The van der Waals surface area contributed by atoms with Gasteiger partial charge in [0.1, 0.15) is 17.2 Å². The second-order valence-electron chi connectivity index (χ2n) is 11.0. The van der Waals surface area contributed by atoms with Crippen molar-refractivity contribution < 1.29 is 24.5 Å². The van der Waals surface area contributed by atoms with Crippen molar-refractivity contribution in [2.45, 2.75) is 32.7 Å². The molecular formula is C31H27ClN6O5S. The molecule has 11 nitrogen and oxygen atoms in total. The lowest BCUT2D eigenvalue weighted by molar-refractivity contribution is 0.0691. The molecule has 13 heteroatoms. The number of carboxylic acid groups (broad SMARTS) is 1. The van der Waals surface area contributed by atoms with Crippen LogP contribution in [0, 0.1) is 0 Å². The Balaban J connectivity index is 1.17. The summed E-state index contributed by atoms with van der Waals surface area (Å²) in [5, 5.41) is 27.4. The van der Waals surface area contributed by atoms with Crippen molar-refractivity contribution in [3.8, 4) is 28.4 Å². The molecule has 0 bridgehead atoms. The van der Waals surface area contributed by atoms with Crippen LogP contribution in [0.1, 0.15) is 42.5 Å². The third-order valence-electron chi connectivity index (χ3n) is 6.84. The van der Waals surface area contributed by atoms with Gasteiger partial charge in [0.2, 0.25) is 0 Å². The summed E-state index contributed by atoms with van der Waals surface area (Å²) in [6.07, 6.45) is 3.14. The number of aromatic nitrogens is 4. The third kappa shape index (κ3) is 5.64. The summed E-state index contributed by atoms with van der Waals surface area (Å²) < 4.78 is 8.82. The van der Waals surface area contributed by atoms with Gasteiger partial charge in [-0.2, -0.15) is 9.89 Å². The number of aromatic carboxylic acids is 1. The molecule has 0 unspecified atom stereocenters. The van der Waals surface area contributed by atoms with Gasteiger partial charge in [0.25, 0.3) is 0 Å². The average Bonchev–Trinajstić information content (AvgIpc) is 3.67. The Labute approximate surface area is 260 Å². The first kappa shape index (κ1) is 29.0. The zero-order chi connectivity index (χ0) is 31.2. The lowest BCUT2D eigenvalue weighted by Gasteiger charge is -2.18. The molecular weight excluding hydrogens is 604 g/mol. The lowest BCUT2D eigenvalue weighted by Crippen LogP contribution is -2.34. The fourth-order valence-electron chi connectivity index (χ4n) is 4.76. The van der Waals surface area contributed by atoms with E-state index in [0.29, 0.717) is 33.3 Å². The maximum Gasteiger partial charge on any atom is 0.356 e. The Morgan fingerprint density at radius 2 is 1.84 bits per heavy atom. The zero-order valence-corrected chi connectivity index (χ0v) is 25.4. The second-order valence-corrected chi connectivity index (χ2v) is 12.5. The number of halogens is 1. The molecule has 3 aromatic carbocycles. The Bertz CT molecular complexity index is 2060. The number of hydrogen-bond donors (Lipinski definition) is 4. The van der Waals surface area contributed by atoms with Crippen molar-refractivity contribution in [2.75, 3.05) is 5.43 Å². The highest BCUT2D eigenvalue weighted by Gasteiger charge is 2.26. The first-order chi connectivity index (χ1) is 21.0. The number of nitrogens with one attached hydrogen (secondary N) is 2. The number of fused-ring (bicyclic) bond motifs is 3. The minimum Gasteiger partial charge on any atom is -0.506 e. The molecule has 0 atom stereocenters. The number of ether oxygens (including phenoxy) is 1. The van der Waals surface area contributed by atoms with Crippen molar-refractivity contribution in [3.63, 3.8) is 0 Å². The van der Waals surface area contributed by atoms with Crippen molar-refractivity contribution in [2.24, 2.45) is 0 Å². The van der Waals surface area contributed by atoms with Gasteiger partial charge in [-0.3, -0.25) is 4.40 Å². The number of imidazole rings is 1. The van der Waals surface area contributed by atoms with Crippen LogP contribution in [0.25, 0.3) is 26.3 Å². The smallest absolute Gasteiger partial charge is 0.356 e. The minimum atomic E-state index is -1.07. The van der Waals surface area contributed by atoms with Crippen molar-refractivity contribution in [1.29, 1.82) is 0 Å². The van der Waals surface area contributed by atoms with Gasteiger partial charge >= 0.3 is 12.0 Å². The van der Waals surface area contributed by atoms with Crippen LogP contribution in [0.15, 0.2) is 73.1 Å². The molecule has 0 saturated carbocycles. The van der Waals surface area contributed by atoms with E-state index in [1.807, 2.05) is 57.2 Å². The molecule has 6 rings (SSSR count). The number of nitrogens with zero attached hydrogens (tertiary/aromatic N) is 4. The summed E-state index contributed by atoms with van der Waals surface area (Å²) in [7, 11) is 0. The number of phenolic OH excluding ortho intramolecular Hbond substituents is 1. The summed E-state index contributed by atoms with van der Waals surface area (Å²) in [5.74, 6) is 0.0187. The fraction of sp³-hybridized carbons (Fsp3) is 0.161. The molecule has 44 heavy (non-hydrogen) atoms. The van der Waals surface area contributed by atoms with Gasteiger partial charge in [0.05, 0.1) is 27.1 Å². The molecule has 0 aliphatic carbocycles. The molecule has 0 aliphatic rings. The van der Waals surface area contributed by atoms with Crippen molar-refractivity contribution >= 4 is 50.1 Å². The average molecular weight is 631 g/mol. The van der Waals surface area contributed by atoms with E-state index in [4.69, 9.17) is 16.3 Å². The van der Waals surface area contributed by atoms with Crippen LogP contribution in [-0.4, -0.2) is 41.5 Å². The van der Waals surface area contributed by atoms with E-state index in [9.17, 15) is 19.8 Å². The maximum absolute atomic E-state index is 12.9. The van der Waals surface area contributed by atoms with Crippen LogP contribution < -0.4 is 15.5 Å². The monoisotopic (exact) mass is 630 g/mol. The number of aromatic hydroxyl groups is 1. The van der Waals surface area contributed by atoms with E-state index in [-0.39, 0.29) is 28.4 Å². The Morgan fingerprint density at radius 3 is 2.61 bits per heavy atom. The van der Waals surface area contributed by atoms with Crippen molar-refractivity contribution in [3.05, 3.63) is 95.0 Å². The predicted molar refractivity (Wildman–Crippen MR) is 169 cm³/mol. The fourth-order valence-corrected chi connectivity index (χ4v) is 5.97. The summed E-state index contributed by atoms with van der Waals surface area (Å²) in [4.78, 5) is 30.2. The number of urea groups is 1. The summed E-state index contributed by atoms with van der Waals surface area (Å²) >= 11 is 7.51. The Kier molecular flexibility index (Phi) is 7.39. The molecule has 4 N–H and O–H groups in total. The number of amides is 2. The quantitative estimate of drug-likeness (QED) is 0.148. The zero-order valence-electron chi connectivity index (χ0n) is 23.8. The van der Waals surface area contributed by atoms with E-state index in [2.05, 4.69) is 20.8 Å². The van der Waals surface area contributed by atoms with Crippen LogP contribution in [0.2, 0.25) is 5.02 Å². The van der Waals surface area contributed by atoms with Gasteiger partial charge < -0.3 is 20.3 Å². The molecule has 0 aliphatic heterocycles. The maximum atomic E-state index is 12.9. The van der Waals surface area contributed by atoms with E-state index in [0.717, 1.165) is 15.8 Å². The molecule has 0 saturated heterocycles. The molecule has 0 fully saturated rings. The van der Waals surface area contributed by atoms with E-state index in [1.165, 1.54) is 22.3 Å². The number of para-hydroxylation sites is 2. The van der Waals surface area contributed by atoms with Gasteiger partial charge in [-0.15, -0.1) is 0 Å².